The number of thioether (sulfide) groups is 3. The topological polar surface area (TPSA) is 111 Å². The van der Waals surface area contributed by atoms with E-state index in [0.29, 0.717) is 10.8 Å². The largest absolute Gasteiger partial charge is 2.00 e. The summed E-state index contributed by atoms with van der Waals surface area (Å²) in [6.07, 6.45) is 3.52. The fourth-order valence-electron chi connectivity index (χ4n) is 5.12. The number of unbranched alkanes of at least 4 members (excludes halogenated alkanes) is 2. The molecule has 38 heavy (non-hydrogen) atoms. The number of nitrogens with zero attached hydrogens (tertiary/aromatic N) is 3. The molecule has 3 aliphatic heterocycles. The minimum atomic E-state index is -1.25. The maximum atomic E-state index is 12.8. The van der Waals surface area contributed by atoms with E-state index in [9.17, 15) is 20.1 Å². The number of likely N-dealkylation sites (N-methyl/N-ethyl adjacent to an activating group) is 1. The summed E-state index contributed by atoms with van der Waals surface area (Å²) in [5, 5.41) is 37.5. The van der Waals surface area contributed by atoms with Gasteiger partial charge in [0, 0.05) is 34.3 Å². The molecule has 1 aromatic carbocycles. The van der Waals surface area contributed by atoms with Gasteiger partial charge in [-0.3, -0.25) is 14.9 Å². The van der Waals surface area contributed by atoms with Gasteiger partial charge in [0.2, 0.25) is 0 Å². The van der Waals surface area contributed by atoms with Gasteiger partial charge in [0.15, 0.2) is 0 Å². The molecule has 11 heteroatoms. The predicted octanol–water partition coefficient (Wildman–Crippen LogP) is 2.77. The maximum absolute atomic E-state index is 12.8. The average Bonchev–Trinajstić information content (AvgIpc) is 3.58. The maximum Gasteiger partial charge on any atom is 2.00 e. The number of hydrogen-bond acceptors (Lipinski definition) is 10. The van der Waals surface area contributed by atoms with E-state index in [1.54, 1.807) is 36.5 Å². The number of benzene rings is 1. The molecule has 1 fully saturated rings. The molecule has 0 bridgehead atoms. The third kappa shape index (κ3) is 6.29. The number of carboxylic acid groups (broad SMARTS) is 1. The molecule has 5 unspecified atom stereocenters. The molecule has 0 amide bonds. The summed E-state index contributed by atoms with van der Waals surface area (Å²) < 4.78 is 0. The van der Waals surface area contributed by atoms with Crippen molar-refractivity contribution < 1.29 is 37.2 Å². The van der Waals surface area contributed by atoms with Crippen LogP contribution in [0.2, 0.25) is 0 Å². The van der Waals surface area contributed by atoms with Crippen LogP contribution in [0.15, 0.2) is 28.2 Å². The van der Waals surface area contributed by atoms with Crippen LogP contribution >= 0.6 is 35.3 Å². The second-order valence-electron chi connectivity index (χ2n) is 11.0. The molecule has 7 nitrogen and oxygen atoms in total. The van der Waals surface area contributed by atoms with Crippen LogP contribution in [0.5, 0.6) is 5.75 Å². The van der Waals surface area contributed by atoms with E-state index in [1.807, 2.05) is 27.0 Å². The molecule has 1 saturated heterocycles. The Morgan fingerprint density at radius 2 is 2.03 bits per heavy atom. The standard InChI is InChI=1S/C27H39N3O4S3.Cu/c1-6-7-8-10-16-11-9-12-19(31)20(16)22-28-17(13-35-22)23-30(5)18(14-36-23)21(32)26(2,3)24-29-27(4,15-37-24)25(33)34;/h9,11-12,17-18,21,23,31-32H,6-8,10,13-15H2,1-5H3,(H,33,34);/q;+2/p-2. The van der Waals surface area contributed by atoms with Crippen molar-refractivity contribution in [2.75, 3.05) is 24.3 Å². The monoisotopic (exact) mass is 626 g/mol. The van der Waals surface area contributed by atoms with Gasteiger partial charge in [0.05, 0.1) is 33.6 Å². The predicted molar refractivity (Wildman–Crippen MR) is 153 cm³/mol. The molecule has 1 radical (unpaired) electrons. The summed E-state index contributed by atoms with van der Waals surface area (Å²) in [6, 6.07) is 5.45. The van der Waals surface area contributed by atoms with Gasteiger partial charge < -0.3 is 20.1 Å². The molecule has 0 saturated carbocycles. The molecule has 1 aromatic rings. The summed E-state index contributed by atoms with van der Waals surface area (Å²) in [6.45, 7) is 7.62. The Labute approximate surface area is 249 Å². The molecular formula is C27H37CuN3O4S3. The number of carbonyl (C=O) groups excluding carboxylic acids is 1. The molecular weight excluding hydrogens is 590 g/mol. The number of aryl methyl sites for hydroxylation is 1. The number of carboxylic acids is 1. The smallest absolute Gasteiger partial charge is 0.872 e. The van der Waals surface area contributed by atoms with Gasteiger partial charge in [0.25, 0.3) is 0 Å². The van der Waals surface area contributed by atoms with E-state index < -0.39 is 23.0 Å². The number of aliphatic carboxylic acids is 1. The van der Waals surface area contributed by atoms with Crippen LogP contribution in [0, 0.1) is 5.41 Å². The van der Waals surface area contributed by atoms with Crippen molar-refractivity contribution in [1.29, 1.82) is 0 Å². The third-order valence-corrected chi connectivity index (χ3v) is 11.9. The minimum Gasteiger partial charge on any atom is -0.872 e. The van der Waals surface area contributed by atoms with Crippen molar-refractivity contribution in [3.63, 3.8) is 0 Å². The van der Waals surface area contributed by atoms with E-state index in [2.05, 4.69) is 22.9 Å². The summed E-state index contributed by atoms with van der Waals surface area (Å²) in [7, 11) is 2.03. The zero-order valence-corrected chi connectivity index (χ0v) is 25.9. The quantitative estimate of drug-likeness (QED) is 0.312. The van der Waals surface area contributed by atoms with Gasteiger partial charge in [-0.1, -0.05) is 57.6 Å². The van der Waals surface area contributed by atoms with E-state index in [1.165, 1.54) is 11.8 Å². The van der Waals surface area contributed by atoms with Gasteiger partial charge in [0.1, 0.15) is 5.54 Å². The van der Waals surface area contributed by atoms with E-state index in [-0.39, 0.29) is 40.3 Å². The van der Waals surface area contributed by atoms with Gasteiger partial charge in [-0.15, -0.1) is 35.3 Å². The van der Waals surface area contributed by atoms with Gasteiger partial charge >= 0.3 is 17.1 Å². The Hall–Kier alpha value is -0.681. The summed E-state index contributed by atoms with van der Waals surface area (Å²) in [5.74, 6) is 0.723. The molecule has 1 N–H and O–H groups in total. The van der Waals surface area contributed by atoms with Crippen molar-refractivity contribution in [1.82, 2.24) is 4.90 Å². The van der Waals surface area contributed by atoms with Crippen LogP contribution in [0.1, 0.15) is 58.1 Å². The second kappa shape index (κ2) is 12.9. The number of aliphatic imine (C=N–C) groups is 2. The zero-order valence-electron chi connectivity index (χ0n) is 22.5. The molecule has 5 atom stereocenters. The summed E-state index contributed by atoms with van der Waals surface area (Å²) >= 11 is 4.84. The van der Waals surface area contributed by atoms with Crippen LogP contribution in [-0.4, -0.2) is 79.5 Å². The first-order valence-corrected chi connectivity index (χ1v) is 16.0. The van der Waals surface area contributed by atoms with Crippen molar-refractivity contribution in [3.8, 4) is 5.75 Å². The van der Waals surface area contributed by atoms with E-state index >= 15 is 0 Å². The Balaban J connectivity index is 0.00000400. The van der Waals surface area contributed by atoms with Crippen LogP contribution in [0.25, 0.3) is 0 Å². The first-order valence-electron chi connectivity index (χ1n) is 13.0. The summed E-state index contributed by atoms with van der Waals surface area (Å²) in [5.41, 5.74) is -0.0922. The molecule has 213 valence electrons. The van der Waals surface area contributed by atoms with Crippen LogP contribution in [0.4, 0.5) is 0 Å². The number of aliphatic hydroxyl groups excluding tert-OH is 1. The van der Waals surface area contributed by atoms with Crippen molar-refractivity contribution in [2.24, 2.45) is 15.4 Å². The Morgan fingerprint density at radius 1 is 1.29 bits per heavy atom. The van der Waals surface area contributed by atoms with Crippen LogP contribution in [-0.2, 0) is 28.3 Å². The first-order chi connectivity index (χ1) is 17.5. The Kier molecular flexibility index (Phi) is 10.8. The van der Waals surface area contributed by atoms with Crippen LogP contribution in [0.3, 0.4) is 0 Å². The molecule has 0 spiro atoms. The van der Waals surface area contributed by atoms with Gasteiger partial charge in [-0.25, -0.2) is 0 Å². The molecule has 3 aliphatic rings. The van der Waals surface area contributed by atoms with Gasteiger partial charge in [-0.05, 0) is 32.4 Å². The van der Waals surface area contributed by atoms with Gasteiger partial charge in [-0.2, -0.15) is 0 Å². The summed E-state index contributed by atoms with van der Waals surface area (Å²) in [4.78, 5) is 23.3. The third-order valence-electron chi connectivity index (χ3n) is 7.67. The molecule has 3 heterocycles. The van der Waals surface area contributed by atoms with E-state index in [0.717, 1.165) is 53.4 Å². The fraction of sp³-hybridized carbons (Fsp3) is 0.667. The van der Waals surface area contributed by atoms with Crippen molar-refractivity contribution in [2.45, 2.75) is 82.5 Å². The fourth-order valence-corrected chi connectivity index (χ4v) is 9.36. The number of aliphatic hydroxyl groups is 1. The normalized spacial score (nSPS) is 28.6. The van der Waals surface area contributed by atoms with Crippen LogP contribution < -0.4 is 10.2 Å². The second-order valence-corrected chi connectivity index (χ2v) is 14.1. The minimum absolute atomic E-state index is 0. The molecule has 4 rings (SSSR count). The van der Waals surface area contributed by atoms with Crippen molar-refractivity contribution >= 4 is 51.3 Å². The molecule has 0 aromatic heterocycles. The first kappa shape index (κ1) is 31.8. The number of hydrogen-bond donors (Lipinski definition) is 1. The SMILES string of the molecule is CCCCCc1cccc([O-])c1C1=NC(C2SCC(C(O)C(C)(C)C3=NC(C)(C(=O)[O-])CS3)N2C)CS1.[Cu+2]. The van der Waals surface area contributed by atoms with Crippen molar-refractivity contribution in [3.05, 3.63) is 29.3 Å². The average molecular weight is 627 g/mol. The number of carbonyl (C=O) groups is 1. The molecule has 0 aliphatic carbocycles. The Morgan fingerprint density at radius 3 is 2.68 bits per heavy atom. The Bertz CT molecular complexity index is 1090. The zero-order chi connectivity index (χ0) is 27.0. The number of rotatable bonds is 10. The van der Waals surface area contributed by atoms with E-state index in [4.69, 9.17) is 4.99 Å².